The van der Waals surface area contributed by atoms with Crippen molar-refractivity contribution in [3.63, 3.8) is 0 Å². The van der Waals surface area contributed by atoms with E-state index < -0.39 is 0 Å². The Hall–Kier alpha value is -2.66. The van der Waals surface area contributed by atoms with E-state index in [1.165, 1.54) is 39.3 Å². The van der Waals surface area contributed by atoms with Crippen molar-refractivity contribution in [1.29, 1.82) is 0 Å². The fourth-order valence-electron chi connectivity index (χ4n) is 3.76. The summed E-state index contributed by atoms with van der Waals surface area (Å²) in [5.74, 6) is 0.0926. The molecule has 0 fully saturated rings. The largest absolute Gasteiger partial charge is 0.333 e. The van der Waals surface area contributed by atoms with E-state index in [-0.39, 0.29) is 5.91 Å². The molecule has 0 saturated heterocycles. The number of fused-ring (bicyclic) bond motifs is 1. The molecule has 0 bridgehead atoms. The van der Waals surface area contributed by atoms with Gasteiger partial charge in [0.25, 0.3) is 0 Å². The lowest BCUT2D eigenvalue weighted by Gasteiger charge is -2.29. The van der Waals surface area contributed by atoms with E-state index in [2.05, 4.69) is 75.3 Å². The molecule has 1 aromatic carbocycles. The van der Waals surface area contributed by atoms with Crippen molar-refractivity contribution < 1.29 is 4.79 Å². The first kappa shape index (κ1) is 31.3. The Morgan fingerprint density at radius 3 is 2.03 bits per heavy atom. The second-order valence-corrected chi connectivity index (χ2v) is 8.05. The van der Waals surface area contributed by atoms with Gasteiger partial charge in [0.05, 0.1) is 11.4 Å². The van der Waals surface area contributed by atoms with Gasteiger partial charge in [-0.3, -0.25) is 9.69 Å². The zero-order chi connectivity index (χ0) is 26.4. The molecule has 2 aromatic rings. The second-order valence-electron chi connectivity index (χ2n) is 8.05. The molecule has 3 heterocycles. The maximum atomic E-state index is 10.1. The Bertz CT molecular complexity index is 907. The molecular formula is C29H48N4O. The van der Waals surface area contributed by atoms with Gasteiger partial charge in [-0.25, -0.2) is 4.68 Å². The summed E-state index contributed by atoms with van der Waals surface area (Å²) in [7, 11) is 2.20. The molecule has 0 unspecified atom stereocenters. The number of aromatic nitrogens is 2. The fraction of sp³-hybridized carbons (Fsp3) is 0.517. The molecule has 0 aliphatic carbocycles. The molecular weight excluding hydrogens is 420 g/mol. The zero-order valence-corrected chi connectivity index (χ0v) is 23.5. The van der Waals surface area contributed by atoms with Crippen molar-refractivity contribution in [3.05, 3.63) is 70.7 Å². The predicted octanol–water partition coefficient (Wildman–Crippen LogP) is 6.92. The van der Waals surface area contributed by atoms with Crippen LogP contribution in [0.4, 0.5) is 0 Å². The highest BCUT2D eigenvalue weighted by Gasteiger charge is 2.27. The Morgan fingerprint density at radius 1 is 1.09 bits per heavy atom. The first-order valence-corrected chi connectivity index (χ1v) is 12.6. The standard InChI is InChI=1S/C18H25N3.C4H5NO.C3H6.2C2H6/c1-11-9-16(10-12(2)13(11)3)21-15(5)18-14(4)20(6)8-7-17(18)19-21;6-4-2-1-3-5-4;1-3-2;2*1-2/h9-10,14H,7-8H2,1-6H3;1,3H,2H2,(H,5,6);3H,1H2,2H3;2*1-2H3/t14-;;;;/m0..../s1. The fourth-order valence-corrected chi connectivity index (χ4v) is 3.76. The average molecular weight is 469 g/mol. The van der Waals surface area contributed by atoms with Gasteiger partial charge in [-0.1, -0.05) is 39.8 Å². The van der Waals surface area contributed by atoms with Gasteiger partial charge in [-0.05, 0) is 77.4 Å². The zero-order valence-electron chi connectivity index (χ0n) is 23.5. The van der Waals surface area contributed by atoms with Crippen LogP contribution in [0.25, 0.3) is 5.69 Å². The molecule has 0 radical (unpaired) electrons. The van der Waals surface area contributed by atoms with E-state index in [0.717, 1.165) is 13.0 Å². The number of carbonyl (C=O) groups is 1. The third kappa shape index (κ3) is 8.28. The number of likely N-dealkylation sites (N-methyl/N-ethyl adjacent to an activating group) is 1. The van der Waals surface area contributed by atoms with Crippen LogP contribution < -0.4 is 5.32 Å². The summed E-state index contributed by atoms with van der Waals surface area (Å²) < 4.78 is 2.14. The number of hydrogen-bond acceptors (Lipinski definition) is 3. The molecule has 2 aliphatic rings. The van der Waals surface area contributed by atoms with Gasteiger partial charge in [0.15, 0.2) is 0 Å². The summed E-state index contributed by atoms with van der Waals surface area (Å²) in [6.45, 7) is 25.4. The Labute approximate surface area is 208 Å². The van der Waals surface area contributed by atoms with Gasteiger partial charge >= 0.3 is 0 Å². The lowest BCUT2D eigenvalue weighted by atomic mass is 9.98. The van der Waals surface area contributed by atoms with Crippen molar-refractivity contribution in [3.8, 4) is 5.69 Å². The number of nitrogens with zero attached hydrogens (tertiary/aromatic N) is 3. The number of aryl methyl sites for hydroxylation is 2. The minimum atomic E-state index is 0.0926. The topological polar surface area (TPSA) is 50.2 Å². The van der Waals surface area contributed by atoms with Crippen molar-refractivity contribution in [1.82, 2.24) is 20.0 Å². The Balaban J connectivity index is 0.000000696. The van der Waals surface area contributed by atoms with Crippen LogP contribution >= 0.6 is 0 Å². The molecule has 1 amide bonds. The summed E-state index contributed by atoms with van der Waals surface area (Å²) in [6, 6.07) is 4.96. The van der Waals surface area contributed by atoms with Crippen LogP contribution in [0.3, 0.4) is 0 Å². The molecule has 1 aromatic heterocycles. The minimum absolute atomic E-state index is 0.0926. The number of rotatable bonds is 1. The number of amides is 1. The quantitative estimate of drug-likeness (QED) is 0.462. The lowest BCUT2D eigenvalue weighted by Crippen LogP contribution is -2.30. The van der Waals surface area contributed by atoms with E-state index in [0.29, 0.717) is 12.5 Å². The summed E-state index contributed by atoms with van der Waals surface area (Å²) in [5, 5.41) is 7.41. The first-order valence-electron chi connectivity index (χ1n) is 12.6. The normalized spacial score (nSPS) is 15.6. The number of benzene rings is 1. The number of nitrogens with one attached hydrogen (secondary N) is 1. The van der Waals surface area contributed by atoms with Crippen LogP contribution in [-0.2, 0) is 11.2 Å². The van der Waals surface area contributed by atoms with Gasteiger partial charge < -0.3 is 5.32 Å². The predicted molar refractivity (Wildman–Crippen MR) is 148 cm³/mol. The third-order valence-corrected chi connectivity index (χ3v) is 5.84. The van der Waals surface area contributed by atoms with Crippen LogP contribution in [0.1, 0.15) is 87.6 Å². The van der Waals surface area contributed by atoms with Gasteiger partial charge in [0.1, 0.15) is 0 Å². The van der Waals surface area contributed by atoms with Crippen LogP contribution in [0.15, 0.2) is 37.1 Å². The highest BCUT2D eigenvalue weighted by Crippen LogP contribution is 2.32. The summed E-state index contributed by atoms with van der Waals surface area (Å²) >= 11 is 0. The molecule has 0 spiro atoms. The molecule has 1 N–H and O–H groups in total. The number of allylic oxidation sites excluding steroid dienone is 1. The SMILES string of the molecule is C=CC.CC.CC.Cc1cc(-n2nc3c(c2C)[C@H](C)N(C)CC3)cc(C)c1C.O=C1CC=CN1. The Morgan fingerprint density at radius 2 is 1.62 bits per heavy atom. The van der Waals surface area contributed by atoms with Crippen LogP contribution in [-0.4, -0.2) is 34.2 Å². The summed E-state index contributed by atoms with van der Waals surface area (Å²) in [5.41, 5.74) is 9.21. The van der Waals surface area contributed by atoms with E-state index in [1.54, 1.807) is 18.4 Å². The second kappa shape index (κ2) is 16.0. The van der Waals surface area contributed by atoms with Crippen molar-refractivity contribution in [2.24, 2.45) is 0 Å². The van der Waals surface area contributed by atoms with Crippen molar-refractivity contribution >= 4 is 5.91 Å². The average Bonchev–Trinajstić information content (AvgIpc) is 3.45. The Kier molecular flexibility index (Phi) is 14.8. The van der Waals surface area contributed by atoms with Gasteiger partial charge in [0, 0.05) is 42.9 Å². The lowest BCUT2D eigenvalue weighted by molar-refractivity contribution is -0.118. The molecule has 1 atom stereocenters. The molecule has 2 aliphatic heterocycles. The van der Waals surface area contributed by atoms with Gasteiger partial charge in [-0.15, -0.1) is 6.58 Å². The first-order chi connectivity index (χ1) is 16.2. The van der Waals surface area contributed by atoms with Crippen LogP contribution in [0, 0.1) is 27.7 Å². The molecule has 0 saturated carbocycles. The maximum absolute atomic E-state index is 10.1. The minimum Gasteiger partial charge on any atom is -0.333 e. The van der Waals surface area contributed by atoms with Crippen molar-refractivity contribution in [2.75, 3.05) is 13.6 Å². The van der Waals surface area contributed by atoms with E-state index in [9.17, 15) is 4.79 Å². The summed E-state index contributed by atoms with van der Waals surface area (Å²) in [4.78, 5) is 12.5. The van der Waals surface area contributed by atoms with E-state index in [4.69, 9.17) is 5.10 Å². The third-order valence-electron chi connectivity index (χ3n) is 5.84. The van der Waals surface area contributed by atoms with Gasteiger partial charge in [0.2, 0.25) is 5.91 Å². The molecule has 5 heteroatoms. The molecule has 34 heavy (non-hydrogen) atoms. The molecule has 5 nitrogen and oxygen atoms in total. The maximum Gasteiger partial charge on any atom is 0.227 e. The number of carbonyl (C=O) groups excluding carboxylic acids is 1. The smallest absolute Gasteiger partial charge is 0.227 e. The molecule has 4 rings (SSSR count). The van der Waals surface area contributed by atoms with Crippen LogP contribution in [0.5, 0.6) is 0 Å². The summed E-state index contributed by atoms with van der Waals surface area (Å²) in [6.07, 6.45) is 6.80. The number of hydrogen-bond donors (Lipinski definition) is 1. The highest BCUT2D eigenvalue weighted by atomic mass is 16.1. The van der Waals surface area contributed by atoms with E-state index >= 15 is 0 Å². The van der Waals surface area contributed by atoms with Gasteiger partial charge in [-0.2, -0.15) is 5.10 Å². The highest BCUT2D eigenvalue weighted by molar-refractivity contribution is 5.80. The van der Waals surface area contributed by atoms with Crippen LogP contribution in [0.2, 0.25) is 0 Å². The monoisotopic (exact) mass is 468 g/mol. The van der Waals surface area contributed by atoms with Crippen molar-refractivity contribution in [2.45, 2.75) is 88.1 Å². The molecule has 190 valence electrons. The van der Waals surface area contributed by atoms with E-state index in [1.807, 2.05) is 34.6 Å².